The lowest BCUT2D eigenvalue weighted by Crippen LogP contribution is -2.22. The van der Waals surface area contributed by atoms with E-state index in [4.69, 9.17) is 0 Å². The predicted octanol–water partition coefficient (Wildman–Crippen LogP) is 7.87. The van der Waals surface area contributed by atoms with Gasteiger partial charge in [-0.1, -0.05) is 152 Å². The fraction of sp³-hybridized carbons (Fsp3) is 0.143. The van der Waals surface area contributed by atoms with Crippen LogP contribution in [0.2, 0.25) is 0 Å². The average Bonchev–Trinajstić information content (AvgIpc) is 2.96. The standard InChI is InChI=1S/C21H21N.C14H15N/c1-4-10-19(11-5-1)16-22(17-20-12-6-2-7-13-20)18-21-14-8-3-9-15-21;1-3-7-13(8-4-1)11-15-12-14-9-5-2-6-10-14/h1-15H,16-18H2;1-10,15H,11-12H2. The summed E-state index contributed by atoms with van der Waals surface area (Å²) in [6.07, 6.45) is 0. The highest BCUT2D eigenvalue weighted by Gasteiger charge is 2.08. The second-order valence-corrected chi connectivity index (χ2v) is 9.18. The van der Waals surface area contributed by atoms with Crippen molar-refractivity contribution in [2.75, 3.05) is 0 Å². The molecular formula is C35H36N2. The van der Waals surface area contributed by atoms with Gasteiger partial charge in [-0.25, -0.2) is 0 Å². The monoisotopic (exact) mass is 484 g/mol. The molecule has 0 unspecified atom stereocenters. The maximum atomic E-state index is 3.42. The minimum Gasteiger partial charge on any atom is -0.309 e. The van der Waals surface area contributed by atoms with Crippen LogP contribution in [0.15, 0.2) is 152 Å². The van der Waals surface area contributed by atoms with Crippen LogP contribution in [0.3, 0.4) is 0 Å². The highest BCUT2D eigenvalue weighted by Crippen LogP contribution is 2.14. The van der Waals surface area contributed by atoms with E-state index in [1.165, 1.54) is 27.8 Å². The van der Waals surface area contributed by atoms with Crippen LogP contribution < -0.4 is 5.32 Å². The Morgan fingerprint density at radius 2 is 0.568 bits per heavy atom. The third kappa shape index (κ3) is 9.89. The molecule has 0 bridgehead atoms. The zero-order valence-corrected chi connectivity index (χ0v) is 21.4. The molecule has 0 aromatic heterocycles. The zero-order valence-electron chi connectivity index (χ0n) is 21.4. The minimum atomic E-state index is 0.926. The average molecular weight is 485 g/mol. The summed E-state index contributed by atoms with van der Waals surface area (Å²) in [7, 11) is 0. The third-order valence-corrected chi connectivity index (χ3v) is 6.09. The number of hydrogen-bond acceptors (Lipinski definition) is 2. The van der Waals surface area contributed by atoms with Gasteiger partial charge >= 0.3 is 0 Å². The second kappa shape index (κ2) is 15.2. The first-order chi connectivity index (χ1) is 18.3. The van der Waals surface area contributed by atoms with Crippen molar-refractivity contribution in [2.24, 2.45) is 0 Å². The van der Waals surface area contributed by atoms with Crippen molar-refractivity contribution in [2.45, 2.75) is 32.7 Å². The van der Waals surface area contributed by atoms with Crippen molar-refractivity contribution >= 4 is 0 Å². The Kier molecular flexibility index (Phi) is 10.7. The first kappa shape index (κ1) is 26.1. The van der Waals surface area contributed by atoms with Crippen LogP contribution in [0.4, 0.5) is 0 Å². The summed E-state index contributed by atoms with van der Waals surface area (Å²) in [6, 6.07) is 53.0. The molecule has 2 nitrogen and oxygen atoms in total. The lowest BCUT2D eigenvalue weighted by molar-refractivity contribution is 0.247. The van der Waals surface area contributed by atoms with Gasteiger partial charge in [0.05, 0.1) is 0 Å². The summed E-state index contributed by atoms with van der Waals surface area (Å²) in [6.45, 7) is 4.74. The Morgan fingerprint density at radius 1 is 0.324 bits per heavy atom. The summed E-state index contributed by atoms with van der Waals surface area (Å²) >= 11 is 0. The van der Waals surface area contributed by atoms with Crippen LogP contribution in [0, 0.1) is 0 Å². The Labute approximate surface area is 222 Å². The van der Waals surface area contributed by atoms with E-state index >= 15 is 0 Å². The molecule has 0 heterocycles. The Hall–Kier alpha value is -3.98. The molecule has 0 aliphatic carbocycles. The number of rotatable bonds is 10. The van der Waals surface area contributed by atoms with Crippen molar-refractivity contribution in [1.29, 1.82) is 0 Å². The topological polar surface area (TPSA) is 15.3 Å². The molecule has 0 aliphatic heterocycles. The van der Waals surface area contributed by atoms with E-state index in [0.717, 1.165) is 32.7 Å². The molecule has 0 radical (unpaired) electrons. The molecule has 0 saturated heterocycles. The molecule has 37 heavy (non-hydrogen) atoms. The van der Waals surface area contributed by atoms with E-state index in [-0.39, 0.29) is 0 Å². The number of benzene rings is 5. The lowest BCUT2D eigenvalue weighted by atomic mass is 10.1. The smallest absolute Gasteiger partial charge is 0.0240 e. The maximum Gasteiger partial charge on any atom is 0.0240 e. The Morgan fingerprint density at radius 3 is 0.838 bits per heavy atom. The number of nitrogens with one attached hydrogen (secondary N) is 1. The summed E-state index contributed by atoms with van der Waals surface area (Å²) < 4.78 is 0. The third-order valence-electron chi connectivity index (χ3n) is 6.09. The van der Waals surface area contributed by atoms with Crippen LogP contribution in [-0.2, 0) is 32.7 Å². The molecule has 0 atom stereocenters. The van der Waals surface area contributed by atoms with Crippen molar-refractivity contribution in [3.63, 3.8) is 0 Å². The van der Waals surface area contributed by atoms with Gasteiger partial charge < -0.3 is 5.32 Å². The van der Waals surface area contributed by atoms with Crippen molar-refractivity contribution in [3.05, 3.63) is 179 Å². The summed E-state index contributed by atoms with van der Waals surface area (Å²) in [4.78, 5) is 2.49. The second-order valence-electron chi connectivity index (χ2n) is 9.18. The molecular weight excluding hydrogens is 448 g/mol. The van der Waals surface area contributed by atoms with Gasteiger partial charge in [-0.15, -0.1) is 0 Å². The van der Waals surface area contributed by atoms with Gasteiger partial charge in [0, 0.05) is 32.7 Å². The van der Waals surface area contributed by atoms with E-state index in [9.17, 15) is 0 Å². The van der Waals surface area contributed by atoms with Gasteiger partial charge in [0.1, 0.15) is 0 Å². The molecule has 2 heteroatoms. The van der Waals surface area contributed by atoms with Gasteiger partial charge in [0.25, 0.3) is 0 Å². The SMILES string of the molecule is c1ccc(CN(Cc2ccccc2)Cc2ccccc2)cc1.c1ccc(CNCc2ccccc2)cc1. The first-order valence-electron chi connectivity index (χ1n) is 13.0. The highest BCUT2D eigenvalue weighted by atomic mass is 15.1. The molecule has 0 amide bonds. The van der Waals surface area contributed by atoms with E-state index in [2.05, 4.69) is 150 Å². The van der Waals surface area contributed by atoms with Gasteiger partial charge in [0.15, 0.2) is 0 Å². The molecule has 5 rings (SSSR count). The predicted molar refractivity (Wildman–Crippen MR) is 156 cm³/mol. The van der Waals surface area contributed by atoms with Crippen LogP contribution in [0.25, 0.3) is 0 Å². The minimum absolute atomic E-state index is 0.926. The summed E-state index contributed by atoms with van der Waals surface area (Å²) in [5.74, 6) is 0. The Bertz CT molecular complexity index is 1100. The van der Waals surface area contributed by atoms with E-state index < -0.39 is 0 Å². The van der Waals surface area contributed by atoms with Gasteiger partial charge in [0.2, 0.25) is 0 Å². The molecule has 0 fully saturated rings. The van der Waals surface area contributed by atoms with Crippen molar-refractivity contribution < 1.29 is 0 Å². The van der Waals surface area contributed by atoms with Crippen LogP contribution >= 0.6 is 0 Å². The van der Waals surface area contributed by atoms with Crippen molar-refractivity contribution in [3.8, 4) is 0 Å². The molecule has 5 aromatic rings. The van der Waals surface area contributed by atoms with E-state index in [1.54, 1.807) is 0 Å². The molecule has 0 aliphatic rings. The normalized spacial score (nSPS) is 10.5. The van der Waals surface area contributed by atoms with Crippen LogP contribution in [-0.4, -0.2) is 4.90 Å². The van der Waals surface area contributed by atoms with Gasteiger partial charge in [-0.05, 0) is 27.8 Å². The molecule has 0 spiro atoms. The summed E-state index contributed by atoms with van der Waals surface area (Å²) in [5, 5.41) is 3.42. The van der Waals surface area contributed by atoms with Crippen LogP contribution in [0.1, 0.15) is 27.8 Å². The molecule has 186 valence electrons. The number of hydrogen-bond donors (Lipinski definition) is 1. The van der Waals surface area contributed by atoms with Gasteiger partial charge in [-0.2, -0.15) is 0 Å². The lowest BCUT2D eigenvalue weighted by Gasteiger charge is -2.23. The zero-order chi connectivity index (χ0) is 25.4. The first-order valence-corrected chi connectivity index (χ1v) is 13.0. The maximum absolute atomic E-state index is 3.42. The Balaban J connectivity index is 0.000000186. The number of nitrogens with zero attached hydrogens (tertiary/aromatic N) is 1. The largest absolute Gasteiger partial charge is 0.309 e. The highest BCUT2D eigenvalue weighted by molar-refractivity contribution is 5.20. The van der Waals surface area contributed by atoms with Crippen LogP contribution in [0.5, 0.6) is 0 Å². The fourth-order valence-corrected chi connectivity index (χ4v) is 4.24. The van der Waals surface area contributed by atoms with E-state index in [1.807, 2.05) is 12.1 Å². The molecule has 1 N–H and O–H groups in total. The van der Waals surface area contributed by atoms with E-state index in [0.29, 0.717) is 0 Å². The van der Waals surface area contributed by atoms with Crippen molar-refractivity contribution in [1.82, 2.24) is 10.2 Å². The quantitative estimate of drug-likeness (QED) is 0.217. The molecule has 0 saturated carbocycles. The van der Waals surface area contributed by atoms with Gasteiger partial charge in [-0.3, -0.25) is 4.90 Å². The fourth-order valence-electron chi connectivity index (χ4n) is 4.24. The molecule has 5 aromatic carbocycles. The summed E-state index contributed by atoms with van der Waals surface area (Å²) in [5.41, 5.74) is 6.72.